The number of nitrogens with zero attached hydrogens (tertiary/aromatic N) is 1. The zero-order chi connectivity index (χ0) is 11.1. The Morgan fingerprint density at radius 2 is 2.40 bits per heavy atom. The number of nitrogens with one attached hydrogen (secondary N) is 1. The van der Waals surface area contributed by atoms with Gasteiger partial charge >= 0.3 is 0 Å². The van der Waals surface area contributed by atoms with Crippen molar-refractivity contribution in [2.24, 2.45) is 0 Å². The average molecular weight is 212 g/mol. The van der Waals surface area contributed by atoms with Gasteiger partial charge in [-0.2, -0.15) is 0 Å². The van der Waals surface area contributed by atoms with Crippen LogP contribution in [-0.2, 0) is 4.74 Å². The van der Waals surface area contributed by atoms with Crippen molar-refractivity contribution in [2.45, 2.75) is 25.8 Å². The highest BCUT2D eigenvalue weighted by Crippen LogP contribution is 2.14. The molecule has 1 aliphatic heterocycles. The maximum atomic E-state index is 5.15. The van der Waals surface area contributed by atoms with Gasteiger partial charge in [0.1, 0.15) is 0 Å². The van der Waals surface area contributed by atoms with Gasteiger partial charge in [-0.25, -0.2) is 0 Å². The topological polar surface area (TPSA) is 24.5 Å². The molecule has 0 saturated heterocycles. The van der Waals surface area contributed by atoms with Crippen molar-refractivity contribution in [3.8, 4) is 0 Å². The van der Waals surface area contributed by atoms with Crippen LogP contribution >= 0.6 is 0 Å². The molecule has 1 rings (SSSR count). The fourth-order valence-electron chi connectivity index (χ4n) is 1.98. The van der Waals surface area contributed by atoms with Gasteiger partial charge in [0.05, 0.1) is 6.61 Å². The van der Waals surface area contributed by atoms with E-state index in [0.29, 0.717) is 6.04 Å². The molecule has 15 heavy (non-hydrogen) atoms. The Morgan fingerprint density at radius 1 is 1.60 bits per heavy atom. The summed E-state index contributed by atoms with van der Waals surface area (Å²) in [5.41, 5.74) is 1.45. The quantitative estimate of drug-likeness (QED) is 0.671. The molecule has 0 aromatic rings. The SMILES string of the molecule is CNCCC(C)N1CC=C(COC)CC1. The minimum atomic E-state index is 0.679. The lowest BCUT2D eigenvalue weighted by Crippen LogP contribution is -2.38. The Balaban J connectivity index is 2.29. The zero-order valence-corrected chi connectivity index (χ0v) is 10.3. The molecule has 0 fully saturated rings. The third kappa shape index (κ3) is 4.33. The molecule has 1 atom stereocenters. The summed E-state index contributed by atoms with van der Waals surface area (Å²) in [7, 11) is 3.78. The van der Waals surface area contributed by atoms with E-state index in [9.17, 15) is 0 Å². The van der Waals surface area contributed by atoms with Crippen LogP contribution in [0.4, 0.5) is 0 Å². The number of hydrogen-bond donors (Lipinski definition) is 1. The van der Waals surface area contributed by atoms with E-state index in [1.807, 2.05) is 7.05 Å². The second-order valence-electron chi connectivity index (χ2n) is 4.28. The van der Waals surface area contributed by atoms with E-state index >= 15 is 0 Å². The molecule has 88 valence electrons. The molecular weight excluding hydrogens is 188 g/mol. The third-order valence-electron chi connectivity index (χ3n) is 3.10. The highest BCUT2D eigenvalue weighted by Gasteiger charge is 2.16. The van der Waals surface area contributed by atoms with Gasteiger partial charge < -0.3 is 10.1 Å². The molecule has 0 radical (unpaired) electrons. The van der Waals surface area contributed by atoms with Gasteiger partial charge in [-0.05, 0) is 38.9 Å². The van der Waals surface area contributed by atoms with Crippen molar-refractivity contribution in [2.75, 3.05) is 40.4 Å². The maximum absolute atomic E-state index is 5.15. The maximum Gasteiger partial charge on any atom is 0.0673 e. The number of hydrogen-bond acceptors (Lipinski definition) is 3. The van der Waals surface area contributed by atoms with Gasteiger partial charge in [-0.3, -0.25) is 4.90 Å². The Labute approximate surface area is 93.5 Å². The molecule has 0 aliphatic carbocycles. The molecule has 0 saturated carbocycles. The Bertz CT molecular complexity index is 204. The lowest BCUT2D eigenvalue weighted by molar-refractivity contribution is 0.190. The first-order valence-electron chi connectivity index (χ1n) is 5.83. The second kappa shape index (κ2) is 6.99. The predicted molar refractivity (Wildman–Crippen MR) is 64.2 cm³/mol. The van der Waals surface area contributed by atoms with E-state index in [1.54, 1.807) is 7.11 Å². The molecule has 0 spiro atoms. The van der Waals surface area contributed by atoms with Crippen molar-refractivity contribution >= 4 is 0 Å². The van der Waals surface area contributed by atoms with E-state index in [4.69, 9.17) is 4.74 Å². The van der Waals surface area contributed by atoms with Crippen LogP contribution in [0, 0.1) is 0 Å². The Morgan fingerprint density at radius 3 is 2.93 bits per heavy atom. The fourth-order valence-corrected chi connectivity index (χ4v) is 1.98. The van der Waals surface area contributed by atoms with Gasteiger partial charge in [0.15, 0.2) is 0 Å². The molecule has 1 heterocycles. The Hall–Kier alpha value is -0.380. The lowest BCUT2D eigenvalue weighted by Gasteiger charge is -2.31. The number of ether oxygens (including phenoxy) is 1. The summed E-state index contributed by atoms with van der Waals surface area (Å²) in [6.45, 7) is 6.49. The van der Waals surface area contributed by atoms with E-state index < -0.39 is 0 Å². The van der Waals surface area contributed by atoms with Crippen molar-refractivity contribution in [1.82, 2.24) is 10.2 Å². The summed E-state index contributed by atoms with van der Waals surface area (Å²) in [6, 6.07) is 0.679. The monoisotopic (exact) mass is 212 g/mol. The van der Waals surface area contributed by atoms with Gasteiger partial charge in [-0.1, -0.05) is 6.08 Å². The van der Waals surface area contributed by atoms with Gasteiger partial charge in [-0.15, -0.1) is 0 Å². The molecule has 1 aliphatic rings. The minimum absolute atomic E-state index is 0.679. The molecule has 1 unspecified atom stereocenters. The average Bonchev–Trinajstić information content (AvgIpc) is 2.27. The van der Waals surface area contributed by atoms with E-state index in [2.05, 4.69) is 23.2 Å². The van der Waals surface area contributed by atoms with Crippen LogP contribution in [0.5, 0.6) is 0 Å². The summed E-state index contributed by atoms with van der Waals surface area (Å²) in [5, 5.41) is 3.20. The van der Waals surface area contributed by atoms with Gasteiger partial charge in [0.25, 0.3) is 0 Å². The highest BCUT2D eigenvalue weighted by atomic mass is 16.5. The van der Waals surface area contributed by atoms with Crippen LogP contribution in [0.1, 0.15) is 19.8 Å². The normalized spacial score (nSPS) is 20.1. The highest BCUT2D eigenvalue weighted by molar-refractivity contribution is 5.08. The first-order chi connectivity index (χ1) is 7.27. The zero-order valence-electron chi connectivity index (χ0n) is 10.3. The molecule has 0 aromatic heterocycles. The van der Waals surface area contributed by atoms with Crippen LogP contribution < -0.4 is 5.32 Å². The number of rotatable bonds is 6. The van der Waals surface area contributed by atoms with Crippen LogP contribution in [0.15, 0.2) is 11.6 Å². The summed E-state index contributed by atoms with van der Waals surface area (Å²) < 4.78 is 5.15. The molecule has 3 nitrogen and oxygen atoms in total. The largest absolute Gasteiger partial charge is 0.380 e. The summed E-state index contributed by atoms with van der Waals surface area (Å²) in [5.74, 6) is 0. The van der Waals surface area contributed by atoms with Crippen LogP contribution in [0.25, 0.3) is 0 Å². The van der Waals surface area contributed by atoms with Crippen LogP contribution in [0.2, 0.25) is 0 Å². The number of methoxy groups -OCH3 is 1. The van der Waals surface area contributed by atoms with E-state index in [1.165, 1.54) is 18.5 Å². The van der Waals surface area contributed by atoms with Crippen molar-refractivity contribution < 1.29 is 4.74 Å². The molecular formula is C12H24N2O. The molecule has 0 aromatic carbocycles. The Kier molecular flexibility index (Phi) is 5.91. The van der Waals surface area contributed by atoms with Gasteiger partial charge in [0.2, 0.25) is 0 Å². The van der Waals surface area contributed by atoms with Crippen molar-refractivity contribution in [3.63, 3.8) is 0 Å². The molecule has 1 N–H and O–H groups in total. The third-order valence-corrected chi connectivity index (χ3v) is 3.10. The standard InChI is InChI=1S/C12H24N2O/c1-11(4-7-13-2)14-8-5-12(6-9-14)10-15-3/h5,11,13H,4,6-10H2,1-3H3. The molecule has 0 bridgehead atoms. The van der Waals surface area contributed by atoms with E-state index in [-0.39, 0.29) is 0 Å². The minimum Gasteiger partial charge on any atom is -0.380 e. The summed E-state index contributed by atoms with van der Waals surface area (Å²) in [4.78, 5) is 2.54. The lowest BCUT2D eigenvalue weighted by atomic mass is 10.1. The van der Waals surface area contributed by atoms with E-state index in [0.717, 1.165) is 26.1 Å². The fraction of sp³-hybridized carbons (Fsp3) is 0.833. The molecule has 3 heteroatoms. The van der Waals surface area contributed by atoms with Crippen LogP contribution in [0.3, 0.4) is 0 Å². The molecule has 0 amide bonds. The van der Waals surface area contributed by atoms with Crippen LogP contribution in [-0.4, -0.2) is 51.3 Å². The van der Waals surface area contributed by atoms with Crippen molar-refractivity contribution in [1.29, 1.82) is 0 Å². The van der Waals surface area contributed by atoms with Crippen molar-refractivity contribution in [3.05, 3.63) is 11.6 Å². The smallest absolute Gasteiger partial charge is 0.0673 e. The summed E-state index contributed by atoms with van der Waals surface area (Å²) >= 11 is 0. The summed E-state index contributed by atoms with van der Waals surface area (Å²) in [6.07, 6.45) is 4.71. The second-order valence-corrected chi connectivity index (χ2v) is 4.28. The predicted octanol–water partition coefficient (Wildman–Crippen LogP) is 1.26. The van der Waals surface area contributed by atoms with Gasteiger partial charge in [0, 0.05) is 26.2 Å². The first kappa shape index (κ1) is 12.7. The first-order valence-corrected chi connectivity index (χ1v) is 5.83.